The van der Waals surface area contributed by atoms with E-state index >= 15 is 0 Å². The second-order valence-corrected chi connectivity index (χ2v) is 10.5. The molecule has 0 unspecified atom stereocenters. The van der Waals surface area contributed by atoms with Crippen molar-refractivity contribution in [2.24, 2.45) is 0 Å². The minimum atomic E-state index is -3.66. The summed E-state index contributed by atoms with van der Waals surface area (Å²) in [6.45, 7) is 2.58. The van der Waals surface area contributed by atoms with Gasteiger partial charge in [0.15, 0.2) is 0 Å². The molecular weight excluding hydrogens is 437 g/mol. The molecule has 3 heterocycles. The monoisotopic (exact) mass is 455 g/mol. The molecule has 0 saturated carbocycles. The van der Waals surface area contributed by atoms with Crippen LogP contribution in [0.3, 0.4) is 0 Å². The summed E-state index contributed by atoms with van der Waals surface area (Å²) < 4.78 is 46.7. The van der Waals surface area contributed by atoms with Gasteiger partial charge in [0.25, 0.3) is 5.89 Å². The molecule has 0 amide bonds. The van der Waals surface area contributed by atoms with Gasteiger partial charge in [0, 0.05) is 23.5 Å². The van der Waals surface area contributed by atoms with Crippen LogP contribution < -0.4 is 0 Å². The van der Waals surface area contributed by atoms with Gasteiger partial charge in [-0.15, -0.1) is 11.3 Å². The van der Waals surface area contributed by atoms with Gasteiger partial charge in [0.05, 0.1) is 9.77 Å². The highest BCUT2D eigenvalue weighted by Crippen LogP contribution is 2.36. The summed E-state index contributed by atoms with van der Waals surface area (Å²) in [4.78, 5) is 5.86. The van der Waals surface area contributed by atoms with Gasteiger partial charge in [-0.1, -0.05) is 29.4 Å². The maximum absolute atomic E-state index is 13.4. The molecule has 0 bridgehead atoms. The standard InChI is InChI=1S/C22H18FN3O3S2/c1-14-20(31(27,28)26-11-10-15-4-2-3-5-17(15)13-26)12-19(30-14)22-24-21(25-29-22)16-6-8-18(23)9-7-16/h2-9,12H,10-11,13H2,1H3. The molecule has 2 aromatic heterocycles. The third-order valence-corrected chi connectivity index (χ3v) is 8.46. The van der Waals surface area contributed by atoms with Crippen molar-refractivity contribution < 1.29 is 17.3 Å². The third-order valence-electron chi connectivity index (χ3n) is 5.32. The first-order valence-electron chi connectivity index (χ1n) is 9.69. The van der Waals surface area contributed by atoms with Crippen LogP contribution >= 0.6 is 11.3 Å². The summed E-state index contributed by atoms with van der Waals surface area (Å²) in [5.41, 5.74) is 2.84. The molecule has 5 rings (SSSR count). The summed E-state index contributed by atoms with van der Waals surface area (Å²) in [7, 11) is -3.66. The molecular formula is C22H18FN3O3S2. The predicted molar refractivity (Wildman–Crippen MR) is 115 cm³/mol. The number of sulfonamides is 1. The summed E-state index contributed by atoms with van der Waals surface area (Å²) in [6.07, 6.45) is 0.691. The Hall–Kier alpha value is -2.88. The van der Waals surface area contributed by atoms with Crippen LogP contribution in [0.5, 0.6) is 0 Å². The van der Waals surface area contributed by atoms with E-state index in [0.717, 1.165) is 5.56 Å². The number of rotatable bonds is 4. The molecule has 9 heteroatoms. The molecule has 0 atom stereocenters. The second kappa shape index (κ2) is 7.67. The van der Waals surface area contributed by atoms with E-state index in [2.05, 4.69) is 10.1 Å². The Morgan fingerprint density at radius 2 is 1.84 bits per heavy atom. The van der Waals surface area contributed by atoms with Gasteiger partial charge in [-0.3, -0.25) is 0 Å². The first-order valence-corrected chi connectivity index (χ1v) is 11.9. The number of benzene rings is 2. The van der Waals surface area contributed by atoms with E-state index < -0.39 is 10.0 Å². The fraction of sp³-hybridized carbons (Fsp3) is 0.182. The Kier molecular flexibility index (Phi) is 4.96. The molecule has 0 fully saturated rings. The van der Waals surface area contributed by atoms with E-state index in [1.54, 1.807) is 25.1 Å². The largest absolute Gasteiger partial charge is 0.333 e. The first kappa shape index (κ1) is 20.0. The molecule has 1 aliphatic heterocycles. The summed E-state index contributed by atoms with van der Waals surface area (Å²) in [6, 6.07) is 15.3. The summed E-state index contributed by atoms with van der Waals surface area (Å²) in [5, 5.41) is 3.95. The highest BCUT2D eigenvalue weighted by molar-refractivity contribution is 7.89. The molecule has 2 aromatic carbocycles. The van der Waals surface area contributed by atoms with Gasteiger partial charge < -0.3 is 4.52 Å². The Labute approximate surface area is 183 Å². The molecule has 0 radical (unpaired) electrons. The van der Waals surface area contributed by atoms with Crippen molar-refractivity contribution in [1.29, 1.82) is 0 Å². The zero-order valence-electron chi connectivity index (χ0n) is 16.6. The zero-order chi connectivity index (χ0) is 21.6. The quantitative estimate of drug-likeness (QED) is 0.447. The van der Waals surface area contributed by atoms with Crippen LogP contribution in [0.15, 0.2) is 64.0 Å². The van der Waals surface area contributed by atoms with Crippen LogP contribution in [0, 0.1) is 12.7 Å². The Bertz CT molecular complexity index is 1360. The molecule has 0 aliphatic carbocycles. The van der Waals surface area contributed by atoms with Crippen molar-refractivity contribution in [3.05, 3.63) is 76.4 Å². The maximum atomic E-state index is 13.4. The fourth-order valence-corrected chi connectivity index (χ4v) is 6.58. The number of hydrogen-bond donors (Lipinski definition) is 0. The van der Waals surface area contributed by atoms with Crippen LogP contribution in [0.4, 0.5) is 4.39 Å². The number of hydrogen-bond acceptors (Lipinski definition) is 6. The minimum Gasteiger partial charge on any atom is -0.333 e. The van der Waals surface area contributed by atoms with E-state index in [1.807, 2.05) is 24.3 Å². The maximum Gasteiger partial charge on any atom is 0.268 e. The molecule has 0 saturated heterocycles. The lowest BCUT2D eigenvalue weighted by atomic mass is 10.0. The van der Waals surface area contributed by atoms with Gasteiger partial charge in [0.1, 0.15) is 5.82 Å². The van der Waals surface area contributed by atoms with Gasteiger partial charge >= 0.3 is 0 Å². The Balaban J connectivity index is 1.44. The molecule has 6 nitrogen and oxygen atoms in total. The molecule has 4 aromatic rings. The average Bonchev–Trinajstić information content (AvgIpc) is 3.41. The Morgan fingerprint density at radius 1 is 1.10 bits per heavy atom. The van der Waals surface area contributed by atoms with Gasteiger partial charge in [-0.25, -0.2) is 12.8 Å². The van der Waals surface area contributed by atoms with Gasteiger partial charge in [0.2, 0.25) is 15.8 Å². The Morgan fingerprint density at radius 3 is 2.61 bits per heavy atom. The number of nitrogens with zero attached hydrogens (tertiary/aromatic N) is 3. The number of thiophene rings is 1. The number of aromatic nitrogens is 2. The van der Waals surface area contributed by atoms with Gasteiger partial charge in [-0.05, 0) is 54.8 Å². The van der Waals surface area contributed by atoms with Crippen molar-refractivity contribution in [2.75, 3.05) is 6.54 Å². The van der Waals surface area contributed by atoms with Crippen LogP contribution in [0.25, 0.3) is 22.2 Å². The van der Waals surface area contributed by atoms with E-state index in [4.69, 9.17) is 4.52 Å². The third kappa shape index (κ3) is 3.69. The van der Waals surface area contributed by atoms with E-state index in [1.165, 1.54) is 33.3 Å². The first-order chi connectivity index (χ1) is 14.9. The molecule has 0 spiro atoms. The van der Waals surface area contributed by atoms with E-state index in [0.29, 0.717) is 40.7 Å². The van der Waals surface area contributed by atoms with Crippen molar-refractivity contribution in [2.45, 2.75) is 24.8 Å². The van der Waals surface area contributed by atoms with Crippen LogP contribution in [0.1, 0.15) is 16.0 Å². The van der Waals surface area contributed by atoms with Crippen molar-refractivity contribution in [3.8, 4) is 22.2 Å². The van der Waals surface area contributed by atoms with Gasteiger partial charge in [-0.2, -0.15) is 9.29 Å². The summed E-state index contributed by atoms with van der Waals surface area (Å²) in [5.74, 6) is 0.201. The van der Waals surface area contributed by atoms with Crippen molar-refractivity contribution >= 4 is 21.4 Å². The highest BCUT2D eigenvalue weighted by atomic mass is 32.2. The molecule has 158 valence electrons. The lowest BCUT2D eigenvalue weighted by Gasteiger charge is -2.28. The van der Waals surface area contributed by atoms with Crippen LogP contribution in [-0.2, 0) is 23.0 Å². The van der Waals surface area contributed by atoms with Crippen molar-refractivity contribution in [3.63, 3.8) is 0 Å². The highest BCUT2D eigenvalue weighted by Gasteiger charge is 2.31. The smallest absolute Gasteiger partial charge is 0.268 e. The molecule has 1 aliphatic rings. The number of aryl methyl sites for hydroxylation is 1. The summed E-state index contributed by atoms with van der Waals surface area (Å²) >= 11 is 1.29. The fourth-order valence-electron chi connectivity index (χ4n) is 3.68. The SMILES string of the molecule is Cc1sc(-c2nc(-c3ccc(F)cc3)no2)cc1S(=O)(=O)N1CCc2ccccc2C1. The van der Waals surface area contributed by atoms with Crippen molar-refractivity contribution in [1.82, 2.24) is 14.4 Å². The zero-order valence-corrected chi connectivity index (χ0v) is 18.2. The van der Waals surface area contributed by atoms with Crippen LogP contribution in [-0.4, -0.2) is 29.4 Å². The van der Waals surface area contributed by atoms with E-state index in [-0.39, 0.29) is 16.6 Å². The lowest BCUT2D eigenvalue weighted by Crippen LogP contribution is -2.36. The lowest BCUT2D eigenvalue weighted by molar-refractivity contribution is 0.391. The minimum absolute atomic E-state index is 0.234. The van der Waals surface area contributed by atoms with E-state index in [9.17, 15) is 12.8 Å². The number of fused-ring (bicyclic) bond motifs is 1. The average molecular weight is 456 g/mol. The normalized spacial score (nSPS) is 14.5. The topological polar surface area (TPSA) is 76.3 Å². The molecule has 31 heavy (non-hydrogen) atoms. The second-order valence-electron chi connectivity index (χ2n) is 7.32. The predicted octanol–water partition coefficient (Wildman–Crippen LogP) is 4.66. The van der Waals surface area contributed by atoms with Crippen LogP contribution in [0.2, 0.25) is 0 Å². The number of halogens is 1. The molecule has 0 N–H and O–H groups in total.